The van der Waals surface area contributed by atoms with Crippen LogP contribution in [-0.2, 0) is 16.4 Å². The lowest BCUT2D eigenvalue weighted by molar-refractivity contribution is 0.331. The van der Waals surface area contributed by atoms with E-state index in [4.69, 9.17) is 25.8 Å². The van der Waals surface area contributed by atoms with Crippen LogP contribution in [0.25, 0.3) is 0 Å². The Kier molecular flexibility index (Phi) is 7.14. The summed E-state index contributed by atoms with van der Waals surface area (Å²) in [5.74, 6) is 1.49. The van der Waals surface area contributed by atoms with E-state index in [-0.39, 0.29) is 17.2 Å². The van der Waals surface area contributed by atoms with Crippen LogP contribution in [0, 0.1) is 0 Å². The van der Waals surface area contributed by atoms with Gasteiger partial charge in [-0.15, -0.1) is 0 Å². The zero-order valence-electron chi connectivity index (χ0n) is 14.9. The Balaban J connectivity index is 2.10. The molecule has 1 N–H and O–H groups in total. The molecule has 0 fully saturated rings. The fourth-order valence-electron chi connectivity index (χ4n) is 2.41. The zero-order valence-corrected chi connectivity index (χ0v) is 16.5. The van der Waals surface area contributed by atoms with Crippen molar-refractivity contribution >= 4 is 21.6 Å². The van der Waals surface area contributed by atoms with Crippen LogP contribution in [0.1, 0.15) is 12.5 Å². The average Bonchev–Trinajstić information content (AvgIpc) is 2.63. The maximum Gasteiger partial charge on any atom is 0.244 e. The minimum atomic E-state index is -3.75. The molecule has 142 valence electrons. The van der Waals surface area contributed by atoms with Crippen LogP contribution in [-0.4, -0.2) is 35.8 Å². The third kappa shape index (κ3) is 5.03. The predicted molar refractivity (Wildman–Crippen MR) is 101 cm³/mol. The molecule has 0 unspecified atom stereocenters. The lowest BCUT2D eigenvalue weighted by Gasteiger charge is -2.13. The molecule has 0 aliphatic rings. The van der Waals surface area contributed by atoms with E-state index in [0.29, 0.717) is 29.5 Å². The van der Waals surface area contributed by atoms with E-state index >= 15 is 0 Å². The van der Waals surface area contributed by atoms with Crippen molar-refractivity contribution in [1.29, 1.82) is 0 Å². The van der Waals surface area contributed by atoms with Crippen LogP contribution < -0.4 is 18.9 Å². The lowest BCUT2D eigenvalue weighted by Crippen LogP contribution is -2.26. The first-order valence-corrected chi connectivity index (χ1v) is 9.90. The molecular formula is C18H22ClNO5S. The summed E-state index contributed by atoms with van der Waals surface area (Å²) < 4.78 is 43.6. The van der Waals surface area contributed by atoms with E-state index in [0.717, 1.165) is 5.56 Å². The topological polar surface area (TPSA) is 73.9 Å². The third-order valence-corrected chi connectivity index (χ3v) is 5.37. The summed E-state index contributed by atoms with van der Waals surface area (Å²) in [5.41, 5.74) is 0.918. The molecule has 0 amide bonds. The maximum atomic E-state index is 12.6. The van der Waals surface area contributed by atoms with Gasteiger partial charge in [-0.05, 0) is 49.2 Å². The Bertz CT molecular complexity index is 855. The molecule has 0 aliphatic carbocycles. The molecule has 6 nitrogen and oxygen atoms in total. The number of nitrogens with one attached hydrogen (secondary N) is 1. The van der Waals surface area contributed by atoms with Crippen molar-refractivity contribution in [2.24, 2.45) is 0 Å². The molecule has 0 aromatic heterocycles. The van der Waals surface area contributed by atoms with E-state index in [9.17, 15) is 8.42 Å². The molecular weight excluding hydrogens is 378 g/mol. The van der Waals surface area contributed by atoms with Crippen molar-refractivity contribution in [2.45, 2.75) is 18.2 Å². The highest BCUT2D eigenvalue weighted by molar-refractivity contribution is 7.89. The molecule has 0 saturated heterocycles. The van der Waals surface area contributed by atoms with Crippen LogP contribution in [0.4, 0.5) is 0 Å². The van der Waals surface area contributed by atoms with Crippen LogP contribution >= 0.6 is 11.6 Å². The first-order chi connectivity index (χ1) is 12.4. The number of rotatable bonds is 9. The fourth-order valence-corrected chi connectivity index (χ4v) is 3.85. The predicted octanol–water partition coefficient (Wildman–Crippen LogP) is 3.28. The van der Waals surface area contributed by atoms with Gasteiger partial charge in [0.2, 0.25) is 10.0 Å². The van der Waals surface area contributed by atoms with Gasteiger partial charge in [0.15, 0.2) is 11.5 Å². The molecule has 0 aliphatic heterocycles. The standard InChI is InChI=1S/C18H22ClNO5S/c1-4-25-16-8-6-14(19)12-18(16)26(21,22)20-10-9-13-5-7-15(23-2)17(11-13)24-3/h5-8,11-12,20H,4,9-10H2,1-3H3. The van der Waals surface area contributed by atoms with Crippen LogP contribution in [0.2, 0.25) is 5.02 Å². The highest BCUT2D eigenvalue weighted by Crippen LogP contribution is 2.28. The second-order valence-corrected chi connectivity index (χ2v) is 7.53. The number of halogens is 1. The van der Waals surface area contributed by atoms with Gasteiger partial charge in [0.25, 0.3) is 0 Å². The number of ether oxygens (including phenoxy) is 3. The zero-order chi connectivity index (χ0) is 19.2. The Morgan fingerprint density at radius 1 is 1.00 bits per heavy atom. The molecule has 2 aromatic carbocycles. The summed E-state index contributed by atoms with van der Waals surface area (Å²) in [6.07, 6.45) is 0.490. The van der Waals surface area contributed by atoms with Gasteiger partial charge >= 0.3 is 0 Å². The van der Waals surface area contributed by atoms with E-state index in [2.05, 4.69) is 4.72 Å². The van der Waals surface area contributed by atoms with Crippen molar-refractivity contribution < 1.29 is 22.6 Å². The number of hydrogen-bond acceptors (Lipinski definition) is 5. The molecule has 0 atom stereocenters. The Morgan fingerprint density at radius 2 is 1.69 bits per heavy atom. The minimum absolute atomic E-state index is 0.0270. The van der Waals surface area contributed by atoms with Crippen molar-refractivity contribution in [3.63, 3.8) is 0 Å². The maximum absolute atomic E-state index is 12.6. The quantitative estimate of drug-likeness (QED) is 0.700. The van der Waals surface area contributed by atoms with Gasteiger partial charge in [-0.1, -0.05) is 17.7 Å². The summed E-state index contributed by atoms with van der Waals surface area (Å²) in [7, 11) is -0.633. The molecule has 0 radical (unpaired) electrons. The largest absolute Gasteiger partial charge is 0.493 e. The molecule has 0 bridgehead atoms. The van der Waals surface area contributed by atoms with Crippen molar-refractivity contribution in [2.75, 3.05) is 27.4 Å². The molecule has 0 heterocycles. The Hall–Kier alpha value is -1.96. The summed E-state index contributed by atoms with van der Waals surface area (Å²) in [6, 6.07) is 9.99. The normalized spacial score (nSPS) is 11.2. The summed E-state index contributed by atoms with van der Waals surface area (Å²) in [4.78, 5) is 0.0270. The number of sulfonamides is 1. The van der Waals surface area contributed by atoms with Crippen molar-refractivity contribution in [1.82, 2.24) is 4.72 Å². The number of benzene rings is 2. The first-order valence-electron chi connectivity index (χ1n) is 8.04. The van der Waals surface area contributed by atoms with E-state index in [1.54, 1.807) is 39.3 Å². The molecule has 0 saturated carbocycles. The fraction of sp³-hybridized carbons (Fsp3) is 0.333. The molecule has 2 aromatic rings. The number of methoxy groups -OCH3 is 2. The highest BCUT2D eigenvalue weighted by atomic mass is 35.5. The SMILES string of the molecule is CCOc1ccc(Cl)cc1S(=O)(=O)NCCc1ccc(OC)c(OC)c1. The van der Waals surface area contributed by atoms with E-state index < -0.39 is 10.0 Å². The van der Waals surface area contributed by atoms with Crippen molar-refractivity contribution in [3.8, 4) is 17.2 Å². The van der Waals surface area contributed by atoms with Gasteiger partial charge in [0, 0.05) is 11.6 Å². The van der Waals surface area contributed by atoms with E-state index in [1.165, 1.54) is 6.07 Å². The highest BCUT2D eigenvalue weighted by Gasteiger charge is 2.20. The second kappa shape index (κ2) is 9.12. The first kappa shape index (κ1) is 20.4. The van der Waals surface area contributed by atoms with Gasteiger partial charge in [-0.25, -0.2) is 13.1 Å². The lowest BCUT2D eigenvalue weighted by atomic mass is 10.1. The minimum Gasteiger partial charge on any atom is -0.493 e. The van der Waals surface area contributed by atoms with Gasteiger partial charge in [0.05, 0.1) is 20.8 Å². The number of hydrogen-bond donors (Lipinski definition) is 1. The molecule has 0 spiro atoms. The van der Waals surface area contributed by atoms with Crippen LogP contribution in [0.15, 0.2) is 41.3 Å². The summed E-state index contributed by atoms with van der Waals surface area (Å²) in [6.45, 7) is 2.36. The second-order valence-electron chi connectivity index (χ2n) is 5.36. The third-order valence-electron chi connectivity index (χ3n) is 3.65. The van der Waals surface area contributed by atoms with Gasteiger partial charge in [0.1, 0.15) is 10.6 Å². The smallest absolute Gasteiger partial charge is 0.244 e. The summed E-state index contributed by atoms with van der Waals surface area (Å²) >= 11 is 5.94. The molecule has 2 rings (SSSR count). The van der Waals surface area contributed by atoms with Gasteiger partial charge in [-0.2, -0.15) is 0 Å². The van der Waals surface area contributed by atoms with Gasteiger partial charge in [-0.3, -0.25) is 0 Å². The Labute approximate surface area is 159 Å². The van der Waals surface area contributed by atoms with Gasteiger partial charge < -0.3 is 14.2 Å². The average molecular weight is 400 g/mol. The van der Waals surface area contributed by atoms with Crippen molar-refractivity contribution in [3.05, 3.63) is 47.0 Å². The van der Waals surface area contributed by atoms with Crippen LogP contribution in [0.3, 0.4) is 0 Å². The Morgan fingerprint density at radius 3 is 2.35 bits per heavy atom. The summed E-state index contributed by atoms with van der Waals surface area (Å²) in [5, 5.41) is 0.328. The monoisotopic (exact) mass is 399 g/mol. The van der Waals surface area contributed by atoms with E-state index in [1.807, 2.05) is 12.1 Å². The van der Waals surface area contributed by atoms with Crippen LogP contribution in [0.5, 0.6) is 17.2 Å². The molecule has 8 heteroatoms. The molecule has 26 heavy (non-hydrogen) atoms.